The van der Waals surface area contributed by atoms with Gasteiger partial charge in [-0.2, -0.15) is 13.2 Å². The van der Waals surface area contributed by atoms with Gasteiger partial charge in [-0.1, -0.05) is 18.2 Å². The molecule has 0 aromatic heterocycles. The van der Waals surface area contributed by atoms with Gasteiger partial charge in [-0.15, -0.1) is 24.0 Å². The Morgan fingerprint density at radius 2 is 2.04 bits per heavy atom. The number of halogens is 4. The smallest absolute Gasteiger partial charge is 0.422 e. The Kier molecular flexibility index (Phi) is 8.44. The Bertz CT molecular complexity index is 726. The zero-order valence-electron chi connectivity index (χ0n) is 14.0. The van der Waals surface area contributed by atoms with Crippen molar-refractivity contribution < 1.29 is 26.3 Å². The Hall–Kier alpha value is -1.24. The summed E-state index contributed by atoms with van der Waals surface area (Å²) in [5.74, 6) is 0.688. The molecule has 1 aliphatic heterocycles. The molecule has 0 bridgehead atoms. The third kappa shape index (κ3) is 7.56. The highest BCUT2D eigenvalue weighted by molar-refractivity contribution is 14.0. The summed E-state index contributed by atoms with van der Waals surface area (Å²) in [6, 6.07) is 6.16. The summed E-state index contributed by atoms with van der Waals surface area (Å²) in [6.45, 7) is -1.18. The van der Waals surface area contributed by atoms with Crippen LogP contribution < -0.4 is 15.4 Å². The van der Waals surface area contributed by atoms with Crippen molar-refractivity contribution in [2.24, 2.45) is 4.99 Å². The molecule has 1 unspecified atom stereocenters. The minimum Gasteiger partial charge on any atom is -0.484 e. The van der Waals surface area contributed by atoms with Crippen LogP contribution in [-0.4, -0.2) is 51.8 Å². The number of benzene rings is 1. The summed E-state index contributed by atoms with van der Waals surface area (Å²) in [5, 5.41) is 5.97. The highest BCUT2D eigenvalue weighted by Crippen LogP contribution is 2.22. The molecule has 1 atom stereocenters. The lowest BCUT2D eigenvalue weighted by atomic mass is 10.2. The van der Waals surface area contributed by atoms with E-state index in [1.54, 1.807) is 18.2 Å². The number of hydrogen-bond donors (Lipinski definition) is 2. The van der Waals surface area contributed by atoms with E-state index in [9.17, 15) is 21.6 Å². The van der Waals surface area contributed by atoms with E-state index in [0.29, 0.717) is 17.9 Å². The van der Waals surface area contributed by atoms with Crippen LogP contribution in [0, 0.1) is 0 Å². The second kappa shape index (κ2) is 9.62. The van der Waals surface area contributed by atoms with Gasteiger partial charge in [0.25, 0.3) is 0 Å². The molecule has 1 heterocycles. The zero-order chi connectivity index (χ0) is 18.5. The predicted octanol–water partition coefficient (Wildman–Crippen LogP) is 2.10. The van der Waals surface area contributed by atoms with Crippen LogP contribution >= 0.6 is 24.0 Å². The Balaban J connectivity index is 0.00000338. The molecule has 26 heavy (non-hydrogen) atoms. The van der Waals surface area contributed by atoms with Crippen molar-refractivity contribution in [3.05, 3.63) is 29.8 Å². The number of alkyl halides is 3. The number of sulfone groups is 1. The van der Waals surface area contributed by atoms with Crippen LogP contribution in [0.4, 0.5) is 13.2 Å². The number of para-hydroxylation sites is 1. The first-order valence-electron chi connectivity index (χ1n) is 7.63. The summed E-state index contributed by atoms with van der Waals surface area (Å²) in [7, 11) is -1.48. The standard InChI is InChI=1S/C15H20F3N3O3S.HI/c1-19-14(21-12-6-7-25(22,23)9-12)20-8-11-4-2-3-5-13(11)24-10-15(16,17)18;/h2-5,12H,6-10H2,1H3,(H2,19,20,21);1H. The van der Waals surface area contributed by atoms with Gasteiger partial charge in [0, 0.05) is 25.2 Å². The fourth-order valence-corrected chi connectivity index (χ4v) is 4.10. The molecule has 0 aliphatic carbocycles. The molecule has 1 fully saturated rings. The van der Waals surface area contributed by atoms with E-state index < -0.39 is 22.6 Å². The van der Waals surface area contributed by atoms with Gasteiger partial charge in [0.2, 0.25) is 0 Å². The Labute approximate surface area is 167 Å². The van der Waals surface area contributed by atoms with Gasteiger partial charge < -0.3 is 15.4 Å². The van der Waals surface area contributed by atoms with Crippen molar-refractivity contribution in [3.63, 3.8) is 0 Å². The van der Waals surface area contributed by atoms with Crippen LogP contribution in [0.1, 0.15) is 12.0 Å². The van der Waals surface area contributed by atoms with Gasteiger partial charge in [0.05, 0.1) is 11.5 Å². The molecule has 0 spiro atoms. The summed E-state index contributed by atoms with van der Waals surface area (Å²) in [6.07, 6.45) is -3.92. The first kappa shape index (κ1) is 22.8. The molecule has 1 aromatic rings. The van der Waals surface area contributed by atoms with Crippen molar-refractivity contribution in [2.45, 2.75) is 25.2 Å². The lowest BCUT2D eigenvalue weighted by molar-refractivity contribution is -0.153. The molecule has 2 rings (SSSR count). The number of rotatable bonds is 5. The highest BCUT2D eigenvalue weighted by atomic mass is 127. The summed E-state index contributed by atoms with van der Waals surface area (Å²) in [5.41, 5.74) is 0.536. The fourth-order valence-electron chi connectivity index (χ4n) is 2.43. The fraction of sp³-hybridized carbons (Fsp3) is 0.533. The van der Waals surface area contributed by atoms with E-state index in [2.05, 4.69) is 15.6 Å². The van der Waals surface area contributed by atoms with Crippen molar-refractivity contribution in [3.8, 4) is 5.75 Å². The quantitative estimate of drug-likeness (QED) is 0.363. The summed E-state index contributed by atoms with van der Waals surface area (Å²) < 4.78 is 64.7. The molecule has 0 radical (unpaired) electrons. The van der Waals surface area contributed by atoms with Crippen molar-refractivity contribution >= 4 is 39.8 Å². The molecular formula is C15H21F3IN3O3S. The lowest BCUT2D eigenvalue weighted by Gasteiger charge is -2.17. The highest BCUT2D eigenvalue weighted by Gasteiger charge is 2.29. The number of nitrogens with one attached hydrogen (secondary N) is 2. The zero-order valence-corrected chi connectivity index (χ0v) is 17.2. The van der Waals surface area contributed by atoms with Crippen LogP contribution in [0.3, 0.4) is 0 Å². The SMILES string of the molecule is CN=C(NCc1ccccc1OCC(F)(F)F)NC1CCS(=O)(=O)C1.I. The van der Waals surface area contributed by atoms with Gasteiger partial charge in [-0.05, 0) is 12.5 Å². The normalized spacial score (nSPS) is 19.5. The number of aliphatic imine (C=N–C) groups is 1. The van der Waals surface area contributed by atoms with Crippen LogP contribution in [0.15, 0.2) is 29.3 Å². The molecular weight excluding hydrogens is 486 g/mol. The third-order valence-electron chi connectivity index (χ3n) is 3.61. The molecule has 1 aromatic carbocycles. The van der Waals surface area contributed by atoms with Crippen molar-refractivity contribution in [1.29, 1.82) is 0 Å². The molecule has 2 N–H and O–H groups in total. The van der Waals surface area contributed by atoms with E-state index in [1.165, 1.54) is 13.1 Å². The van der Waals surface area contributed by atoms with Crippen molar-refractivity contribution in [2.75, 3.05) is 25.2 Å². The molecule has 6 nitrogen and oxygen atoms in total. The van der Waals surface area contributed by atoms with Crippen LogP contribution in [0.2, 0.25) is 0 Å². The first-order chi connectivity index (χ1) is 11.7. The maximum absolute atomic E-state index is 12.3. The Morgan fingerprint density at radius 1 is 1.35 bits per heavy atom. The largest absolute Gasteiger partial charge is 0.484 e. The van der Waals surface area contributed by atoms with Crippen molar-refractivity contribution in [1.82, 2.24) is 10.6 Å². The average molecular weight is 507 g/mol. The third-order valence-corrected chi connectivity index (χ3v) is 5.38. The van der Waals surface area contributed by atoms with Crippen LogP contribution in [-0.2, 0) is 16.4 Å². The second-order valence-corrected chi connectivity index (χ2v) is 7.91. The first-order valence-corrected chi connectivity index (χ1v) is 9.46. The predicted molar refractivity (Wildman–Crippen MR) is 104 cm³/mol. The van der Waals surface area contributed by atoms with Crippen LogP contribution in [0.5, 0.6) is 5.75 Å². The molecule has 1 aliphatic rings. The number of nitrogens with zero attached hydrogens (tertiary/aromatic N) is 1. The van der Waals surface area contributed by atoms with Gasteiger partial charge >= 0.3 is 6.18 Å². The van der Waals surface area contributed by atoms with E-state index >= 15 is 0 Å². The van der Waals surface area contributed by atoms with E-state index in [-0.39, 0.29) is 53.8 Å². The molecule has 0 amide bonds. The Morgan fingerprint density at radius 3 is 2.62 bits per heavy atom. The maximum Gasteiger partial charge on any atom is 0.422 e. The second-order valence-electron chi connectivity index (χ2n) is 5.68. The van der Waals surface area contributed by atoms with E-state index in [4.69, 9.17) is 4.74 Å². The van der Waals surface area contributed by atoms with E-state index in [0.717, 1.165) is 0 Å². The van der Waals surface area contributed by atoms with Gasteiger partial charge in [-0.3, -0.25) is 4.99 Å². The molecule has 148 valence electrons. The number of hydrogen-bond acceptors (Lipinski definition) is 4. The monoisotopic (exact) mass is 507 g/mol. The molecule has 11 heteroatoms. The molecule has 0 saturated carbocycles. The number of ether oxygens (including phenoxy) is 1. The minimum absolute atomic E-state index is 0. The van der Waals surface area contributed by atoms with Crippen LogP contribution in [0.25, 0.3) is 0 Å². The topological polar surface area (TPSA) is 79.8 Å². The lowest BCUT2D eigenvalue weighted by Crippen LogP contribution is -2.43. The average Bonchev–Trinajstić information content (AvgIpc) is 2.88. The van der Waals surface area contributed by atoms with Gasteiger partial charge in [-0.25, -0.2) is 8.42 Å². The maximum atomic E-state index is 12.3. The number of guanidine groups is 1. The summed E-state index contributed by atoms with van der Waals surface area (Å²) in [4.78, 5) is 4.01. The van der Waals surface area contributed by atoms with Gasteiger partial charge in [0.1, 0.15) is 5.75 Å². The van der Waals surface area contributed by atoms with E-state index in [1.807, 2.05) is 0 Å². The minimum atomic E-state index is -4.41. The summed E-state index contributed by atoms with van der Waals surface area (Å²) >= 11 is 0. The molecule has 1 saturated heterocycles. The van der Waals surface area contributed by atoms with Gasteiger partial charge in [0.15, 0.2) is 22.4 Å².